The van der Waals surface area contributed by atoms with Crippen molar-refractivity contribution >= 4 is 17.4 Å². The van der Waals surface area contributed by atoms with Crippen molar-refractivity contribution in [2.75, 3.05) is 20.3 Å². The van der Waals surface area contributed by atoms with Gasteiger partial charge in [-0.15, -0.1) is 0 Å². The summed E-state index contributed by atoms with van der Waals surface area (Å²) in [7, 11) is 1.56. The molecule has 0 aromatic heterocycles. The molecule has 1 unspecified atom stereocenters. The number of ether oxygens (including phenoxy) is 3. The summed E-state index contributed by atoms with van der Waals surface area (Å²) in [6.45, 7) is 7.16. The summed E-state index contributed by atoms with van der Waals surface area (Å²) in [5, 5.41) is 11.4. The van der Waals surface area contributed by atoms with Gasteiger partial charge < -0.3 is 24.2 Å². The third-order valence-corrected chi connectivity index (χ3v) is 6.27. The van der Waals surface area contributed by atoms with Gasteiger partial charge in [0.2, 0.25) is 0 Å². The molecule has 1 amide bonds. The van der Waals surface area contributed by atoms with Crippen LogP contribution >= 0.6 is 0 Å². The molecule has 1 N–H and O–H groups in total. The first-order chi connectivity index (χ1) is 18.3. The molecule has 4 rings (SSSR count). The molecule has 3 aromatic carbocycles. The van der Waals surface area contributed by atoms with Gasteiger partial charge in [-0.3, -0.25) is 9.59 Å². The molecule has 38 heavy (non-hydrogen) atoms. The fraction of sp³-hybridized carbons (Fsp3) is 0.290. The number of aliphatic hydroxyl groups excluding tert-OH is 1. The van der Waals surface area contributed by atoms with Crippen LogP contribution in [-0.2, 0) is 16.1 Å². The SMILES string of the molecule is CCOc1cccc(C2/C(=C(/O)c3ccc(OCC(C)C)cc3)C(=O)C(=O)N2Cc2ccccc2OC)c1. The van der Waals surface area contributed by atoms with E-state index in [1.54, 1.807) is 43.5 Å². The lowest BCUT2D eigenvalue weighted by Gasteiger charge is -2.26. The van der Waals surface area contributed by atoms with Gasteiger partial charge in [-0.1, -0.05) is 44.2 Å². The maximum Gasteiger partial charge on any atom is 0.295 e. The van der Waals surface area contributed by atoms with Crippen molar-refractivity contribution in [1.29, 1.82) is 0 Å². The van der Waals surface area contributed by atoms with Gasteiger partial charge in [0.25, 0.3) is 11.7 Å². The number of Topliss-reactive ketones (excluding diaryl/α,β-unsaturated/α-hetero) is 1. The summed E-state index contributed by atoms with van der Waals surface area (Å²) in [4.78, 5) is 28.3. The second-order valence-electron chi connectivity index (χ2n) is 9.47. The zero-order chi connectivity index (χ0) is 27.2. The van der Waals surface area contributed by atoms with Gasteiger partial charge in [-0.25, -0.2) is 0 Å². The second-order valence-corrected chi connectivity index (χ2v) is 9.47. The average Bonchev–Trinajstić information content (AvgIpc) is 3.17. The largest absolute Gasteiger partial charge is 0.507 e. The number of hydrogen-bond acceptors (Lipinski definition) is 6. The van der Waals surface area contributed by atoms with E-state index < -0.39 is 17.7 Å². The Labute approximate surface area is 223 Å². The van der Waals surface area contributed by atoms with Crippen molar-refractivity contribution < 1.29 is 28.9 Å². The average molecular weight is 516 g/mol. The Bertz CT molecular complexity index is 1330. The number of ketones is 1. The van der Waals surface area contributed by atoms with Crippen molar-refractivity contribution in [3.8, 4) is 17.2 Å². The van der Waals surface area contributed by atoms with Crippen LogP contribution in [0.5, 0.6) is 17.2 Å². The van der Waals surface area contributed by atoms with Gasteiger partial charge in [0.1, 0.15) is 23.0 Å². The van der Waals surface area contributed by atoms with Crippen molar-refractivity contribution in [3.63, 3.8) is 0 Å². The first kappa shape index (κ1) is 26.8. The molecular formula is C31H33NO6. The second kappa shape index (κ2) is 11.9. The molecule has 0 saturated carbocycles. The van der Waals surface area contributed by atoms with Crippen LogP contribution in [0.1, 0.15) is 43.5 Å². The van der Waals surface area contributed by atoms with E-state index in [4.69, 9.17) is 14.2 Å². The quantitative estimate of drug-likeness (QED) is 0.210. The minimum atomic E-state index is -0.822. The molecule has 0 spiro atoms. The monoisotopic (exact) mass is 515 g/mol. The number of benzene rings is 3. The zero-order valence-corrected chi connectivity index (χ0v) is 22.1. The molecule has 1 fully saturated rings. The number of para-hydroxylation sites is 1. The Balaban J connectivity index is 1.79. The molecule has 0 bridgehead atoms. The van der Waals surface area contributed by atoms with Crippen LogP contribution in [-0.4, -0.2) is 42.0 Å². The molecule has 198 valence electrons. The molecule has 1 aliphatic rings. The highest BCUT2D eigenvalue weighted by atomic mass is 16.5. The number of likely N-dealkylation sites (tertiary alicyclic amines) is 1. The van der Waals surface area contributed by atoms with Crippen LogP contribution in [0, 0.1) is 5.92 Å². The van der Waals surface area contributed by atoms with E-state index in [1.165, 1.54) is 4.90 Å². The highest BCUT2D eigenvalue weighted by molar-refractivity contribution is 6.46. The minimum Gasteiger partial charge on any atom is -0.507 e. The molecule has 1 atom stereocenters. The Morgan fingerprint density at radius 2 is 1.68 bits per heavy atom. The van der Waals surface area contributed by atoms with Crippen molar-refractivity contribution in [1.82, 2.24) is 4.90 Å². The topological polar surface area (TPSA) is 85.3 Å². The summed E-state index contributed by atoms with van der Waals surface area (Å²) in [5.41, 5.74) is 1.84. The summed E-state index contributed by atoms with van der Waals surface area (Å²) in [5.74, 6) is 0.564. The van der Waals surface area contributed by atoms with E-state index in [1.807, 2.05) is 43.3 Å². The molecular weight excluding hydrogens is 482 g/mol. The summed E-state index contributed by atoms with van der Waals surface area (Å²) < 4.78 is 16.9. The van der Waals surface area contributed by atoms with Crippen LogP contribution < -0.4 is 14.2 Å². The van der Waals surface area contributed by atoms with Crippen molar-refractivity contribution in [2.45, 2.75) is 33.4 Å². The third kappa shape index (κ3) is 5.67. The summed E-state index contributed by atoms with van der Waals surface area (Å²) in [6.07, 6.45) is 0. The molecule has 3 aromatic rings. The highest BCUT2D eigenvalue weighted by Gasteiger charge is 2.46. The molecule has 7 heteroatoms. The number of carbonyl (C=O) groups is 2. The van der Waals surface area contributed by atoms with Crippen LogP contribution in [0.4, 0.5) is 0 Å². The smallest absolute Gasteiger partial charge is 0.295 e. The third-order valence-electron chi connectivity index (χ3n) is 6.27. The van der Waals surface area contributed by atoms with E-state index in [0.717, 1.165) is 5.56 Å². The molecule has 1 saturated heterocycles. The minimum absolute atomic E-state index is 0.0226. The molecule has 1 heterocycles. The number of aliphatic hydroxyl groups is 1. The number of rotatable bonds is 10. The molecule has 7 nitrogen and oxygen atoms in total. The first-order valence-electron chi connectivity index (χ1n) is 12.7. The Kier molecular flexibility index (Phi) is 8.36. The van der Waals surface area contributed by atoms with E-state index in [-0.39, 0.29) is 17.9 Å². The lowest BCUT2D eigenvalue weighted by molar-refractivity contribution is -0.140. The molecule has 0 radical (unpaired) electrons. The summed E-state index contributed by atoms with van der Waals surface area (Å²) >= 11 is 0. The lowest BCUT2D eigenvalue weighted by Crippen LogP contribution is -2.29. The fourth-order valence-electron chi connectivity index (χ4n) is 4.48. The number of carbonyl (C=O) groups excluding carboxylic acids is 2. The maximum absolute atomic E-state index is 13.4. The van der Waals surface area contributed by atoms with Gasteiger partial charge in [0.05, 0.1) is 38.5 Å². The van der Waals surface area contributed by atoms with Crippen LogP contribution in [0.2, 0.25) is 0 Å². The Hall–Kier alpha value is -4.26. The standard InChI is InChI=1S/C31H33NO6/c1-5-37-25-11-8-10-22(17-25)28-27(29(33)21-13-15-24(16-14-21)38-19-20(2)3)30(34)31(35)32(28)18-23-9-6-7-12-26(23)36-4/h6-17,20,28,33H,5,18-19H2,1-4H3/b29-27-. The van der Waals surface area contributed by atoms with E-state index in [9.17, 15) is 14.7 Å². The molecule has 0 aliphatic carbocycles. The van der Waals surface area contributed by atoms with Gasteiger partial charge >= 0.3 is 0 Å². The van der Waals surface area contributed by atoms with Crippen molar-refractivity contribution in [3.05, 3.63) is 95.1 Å². The summed E-state index contributed by atoms with van der Waals surface area (Å²) in [6, 6.07) is 20.6. The predicted molar refractivity (Wildman–Crippen MR) is 145 cm³/mol. The lowest BCUT2D eigenvalue weighted by atomic mass is 9.95. The Morgan fingerprint density at radius 3 is 2.37 bits per heavy atom. The maximum atomic E-state index is 13.4. The van der Waals surface area contributed by atoms with E-state index in [2.05, 4.69) is 13.8 Å². The predicted octanol–water partition coefficient (Wildman–Crippen LogP) is 5.75. The van der Waals surface area contributed by atoms with Crippen LogP contribution in [0.3, 0.4) is 0 Å². The van der Waals surface area contributed by atoms with Crippen molar-refractivity contribution in [2.24, 2.45) is 5.92 Å². The normalized spacial score (nSPS) is 16.7. The van der Waals surface area contributed by atoms with Gasteiger partial charge in [0, 0.05) is 11.1 Å². The zero-order valence-electron chi connectivity index (χ0n) is 22.1. The number of hydrogen-bond donors (Lipinski definition) is 1. The number of nitrogens with zero attached hydrogens (tertiary/aromatic N) is 1. The van der Waals surface area contributed by atoms with Gasteiger partial charge in [0.15, 0.2) is 0 Å². The highest BCUT2D eigenvalue weighted by Crippen LogP contribution is 2.42. The van der Waals surface area contributed by atoms with Crippen LogP contribution in [0.25, 0.3) is 5.76 Å². The first-order valence-corrected chi connectivity index (χ1v) is 12.7. The Morgan fingerprint density at radius 1 is 0.947 bits per heavy atom. The van der Waals surface area contributed by atoms with Crippen LogP contribution in [0.15, 0.2) is 78.4 Å². The molecule has 1 aliphatic heterocycles. The van der Waals surface area contributed by atoms with Gasteiger partial charge in [-0.2, -0.15) is 0 Å². The van der Waals surface area contributed by atoms with E-state index in [0.29, 0.717) is 47.5 Å². The van der Waals surface area contributed by atoms with Gasteiger partial charge in [-0.05, 0) is 60.9 Å². The number of amides is 1. The number of methoxy groups -OCH3 is 1. The van der Waals surface area contributed by atoms with E-state index >= 15 is 0 Å². The fourth-order valence-corrected chi connectivity index (χ4v) is 4.48.